The summed E-state index contributed by atoms with van der Waals surface area (Å²) in [6.45, 7) is 10.0. The highest BCUT2D eigenvalue weighted by Crippen LogP contribution is 2.32. The Bertz CT molecular complexity index is 636. The van der Waals surface area contributed by atoms with Gasteiger partial charge in [0.2, 0.25) is 0 Å². The molecule has 0 saturated heterocycles. The summed E-state index contributed by atoms with van der Waals surface area (Å²) < 4.78 is 0. The smallest absolute Gasteiger partial charge is 0.279 e. The molecule has 2 rings (SSSR count). The van der Waals surface area contributed by atoms with Crippen LogP contribution in [0.25, 0.3) is 0 Å². The van der Waals surface area contributed by atoms with E-state index in [0.29, 0.717) is 18.4 Å². The first-order valence-corrected chi connectivity index (χ1v) is 9.52. The van der Waals surface area contributed by atoms with Crippen LogP contribution in [0.4, 0.5) is 5.69 Å². The molecule has 1 aromatic heterocycles. The number of thiophene rings is 1. The number of benzene rings is 1. The van der Waals surface area contributed by atoms with Gasteiger partial charge in [0.1, 0.15) is 6.54 Å². The Morgan fingerprint density at radius 3 is 2.21 bits per heavy atom. The summed E-state index contributed by atoms with van der Waals surface area (Å²) in [6, 6.07) is 10.5. The van der Waals surface area contributed by atoms with Crippen molar-refractivity contribution in [3.63, 3.8) is 0 Å². The predicted molar refractivity (Wildman–Crippen MR) is 103 cm³/mol. The van der Waals surface area contributed by atoms with Crippen molar-refractivity contribution >= 4 is 22.9 Å². The molecule has 0 fully saturated rings. The van der Waals surface area contributed by atoms with Crippen LogP contribution in [0.2, 0.25) is 0 Å². The van der Waals surface area contributed by atoms with Gasteiger partial charge in [0.15, 0.2) is 6.54 Å². The van der Waals surface area contributed by atoms with Crippen molar-refractivity contribution in [1.29, 1.82) is 0 Å². The molecule has 4 heteroatoms. The van der Waals surface area contributed by atoms with Gasteiger partial charge < -0.3 is 10.2 Å². The van der Waals surface area contributed by atoms with E-state index in [1.165, 1.54) is 20.9 Å². The predicted octanol–water partition coefficient (Wildman–Crippen LogP) is 3.65. The first kappa shape index (κ1) is 18.7. The number of rotatable bonds is 7. The van der Waals surface area contributed by atoms with Crippen LogP contribution >= 0.6 is 11.3 Å². The van der Waals surface area contributed by atoms with Crippen LogP contribution in [0.5, 0.6) is 0 Å². The highest BCUT2D eigenvalue weighted by Gasteiger charge is 2.18. The lowest BCUT2D eigenvalue weighted by Crippen LogP contribution is -3.08. The fraction of sp³-hybridized carbons (Fsp3) is 0.450. The van der Waals surface area contributed by atoms with Gasteiger partial charge >= 0.3 is 0 Å². The molecule has 1 heterocycles. The molecule has 0 bridgehead atoms. The van der Waals surface area contributed by atoms with Gasteiger partial charge in [-0.1, -0.05) is 52.0 Å². The number of hydrogen-bond donors (Lipinski definition) is 2. The van der Waals surface area contributed by atoms with Crippen molar-refractivity contribution in [2.24, 2.45) is 0 Å². The molecule has 2 aromatic rings. The standard InChI is InChI=1S/C20H28N2OS/c1-14(2)17-9-6-10-18(15(3)4)20(17)21-19(23)13-22(5)12-16-8-7-11-24-16/h6-11,14-15H,12-13H2,1-5H3,(H,21,23)/p+1. The number of hydrogen-bond acceptors (Lipinski definition) is 2. The molecule has 0 saturated carbocycles. The molecule has 1 aromatic carbocycles. The Kier molecular flexibility index (Phi) is 6.58. The van der Waals surface area contributed by atoms with E-state index in [1.807, 2.05) is 0 Å². The first-order chi connectivity index (χ1) is 11.4. The van der Waals surface area contributed by atoms with Crippen molar-refractivity contribution in [1.82, 2.24) is 0 Å². The number of quaternary nitrogens is 1. The zero-order chi connectivity index (χ0) is 17.7. The van der Waals surface area contributed by atoms with Crippen molar-refractivity contribution in [2.45, 2.75) is 46.1 Å². The Morgan fingerprint density at radius 2 is 1.71 bits per heavy atom. The van der Waals surface area contributed by atoms with Gasteiger partial charge in [0.05, 0.1) is 11.9 Å². The average Bonchev–Trinajstić information content (AvgIpc) is 2.99. The van der Waals surface area contributed by atoms with Crippen molar-refractivity contribution < 1.29 is 9.69 Å². The van der Waals surface area contributed by atoms with E-state index in [2.05, 4.69) is 75.8 Å². The molecular formula is C20H29N2OS+. The van der Waals surface area contributed by atoms with E-state index in [4.69, 9.17) is 0 Å². The summed E-state index contributed by atoms with van der Waals surface area (Å²) in [6.07, 6.45) is 0. The van der Waals surface area contributed by atoms with Crippen LogP contribution in [-0.4, -0.2) is 19.5 Å². The summed E-state index contributed by atoms with van der Waals surface area (Å²) in [5, 5.41) is 5.28. The molecule has 1 atom stereocenters. The minimum atomic E-state index is 0.0825. The highest BCUT2D eigenvalue weighted by atomic mass is 32.1. The molecule has 24 heavy (non-hydrogen) atoms. The van der Waals surface area contributed by atoms with E-state index < -0.39 is 0 Å². The molecule has 2 N–H and O–H groups in total. The molecule has 0 aliphatic rings. The quantitative estimate of drug-likeness (QED) is 0.789. The maximum Gasteiger partial charge on any atom is 0.279 e. The van der Waals surface area contributed by atoms with Crippen LogP contribution in [0, 0.1) is 0 Å². The molecule has 3 nitrogen and oxygen atoms in total. The molecule has 1 amide bonds. The number of para-hydroxylation sites is 1. The van der Waals surface area contributed by atoms with Gasteiger partial charge in [0, 0.05) is 5.69 Å². The summed E-state index contributed by atoms with van der Waals surface area (Å²) in [4.78, 5) is 15.1. The molecule has 0 aliphatic carbocycles. The molecule has 0 radical (unpaired) electrons. The van der Waals surface area contributed by atoms with Crippen LogP contribution in [0.1, 0.15) is 55.5 Å². The highest BCUT2D eigenvalue weighted by molar-refractivity contribution is 7.09. The van der Waals surface area contributed by atoms with Gasteiger partial charge in [-0.2, -0.15) is 0 Å². The lowest BCUT2D eigenvalue weighted by Gasteiger charge is -2.21. The zero-order valence-electron chi connectivity index (χ0n) is 15.3. The van der Waals surface area contributed by atoms with Crippen molar-refractivity contribution in [3.8, 4) is 0 Å². The monoisotopic (exact) mass is 345 g/mol. The van der Waals surface area contributed by atoms with Gasteiger partial charge in [-0.05, 0) is 34.4 Å². The number of carbonyl (C=O) groups excluding carboxylic acids is 1. The van der Waals surface area contributed by atoms with Gasteiger partial charge in [-0.15, -0.1) is 11.3 Å². The second-order valence-corrected chi connectivity index (χ2v) is 8.09. The third-order valence-electron chi connectivity index (χ3n) is 4.16. The number of amides is 1. The third kappa shape index (κ3) is 4.92. The fourth-order valence-corrected chi connectivity index (χ4v) is 3.74. The third-order valence-corrected chi connectivity index (χ3v) is 5.03. The summed E-state index contributed by atoms with van der Waals surface area (Å²) >= 11 is 1.74. The SMILES string of the molecule is CC(C)c1cccc(C(C)C)c1NC(=O)C[NH+](C)Cc1cccs1. The average molecular weight is 346 g/mol. The van der Waals surface area contributed by atoms with Crippen LogP contribution in [0.3, 0.4) is 0 Å². The van der Waals surface area contributed by atoms with Crippen LogP contribution in [-0.2, 0) is 11.3 Å². The van der Waals surface area contributed by atoms with Crippen molar-refractivity contribution in [3.05, 3.63) is 51.7 Å². The minimum Gasteiger partial charge on any atom is -0.325 e. The Labute approximate surface area is 149 Å². The lowest BCUT2D eigenvalue weighted by molar-refractivity contribution is -0.884. The summed E-state index contributed by atoms with van der Waals surface area (Å²) in [5.41, 5.74) is 3.44. The van der Waals surface area contributed by atoms with E-state index in [1.54, 1.807) is 11.3 Å². The van der Waals surface area contributed by atoms with Gasteiger partial charge in [0.25, 0.3) is 5.91 Å². The second kappa shape index (κ2) is 8.45. The van der Waals surface area contributed by atoms with E-state index in [-0.39, 0.29) is 5.91 Å². The zero-order valence-corrected chi connectivity index (χ0v) is 16.2. The van der Waals surface area contributed by atoms with Crippen molar-refractivity contribution in [2.75, 3.05) is 18.9 Å². The molecule has 0 spiro atoms. The lowest BCUT2D eigenvalue weighted by atomic mass is 9.92. The Hall–Kier alpha value is -1.65. The van der Waals surface area contributed by atoms with E-state index >= 15 is 0 Å². The maximum absolute atomic E-state index is 12.6. The molecule has 1 unspecified atom stereocenters. The minimum absolute atomic E-state index is 0.0825. The van der Waals surface area contributed by atoms with Crippen LogP contribution < -0.4 is 10.2 Å². The number of anilines is 1. The second-order valence-electron chi connectivity index (χ2n) is 7.06. The first-order valence-electron chi connectivity index (χ1n) is 8.64. The van der Waals surface area contributed by atoms with E-state index in [9.17, 15) is 4.79 Å². The van der Waals surface area contributed by atoms with E-state index in [0.717, 1.165) is 12.2 Å². The van der Waals surface area contributed by atoms with Gasteiger partial charge in [-0.3, -0.25) is 4.79 Å². The largest absolute Gasteiger partial charge is 0.325 e. The summed E-state index contributed by atoms with van der Waals surface area (Å²) in [5.74, 6) is 0.851. The molecular weight excluding hydrogens is 316 g/mol. The van der Waals surface area contributed by atoms with Crippen LogP contribution in [0.15, 0.2) is 35.7 Å². The van der Waals surface area contributed by atoms with Gasteiger partial charge in [-0.25, -0.2) is 0 Å². The molecule has 130 valence electrons. The number of carbonyl (C=O) groups is 1. The topological polar surface area (TPSA) is 33.5 Å². The summed E-state index contributed by atoms with van der Waals surface area (Å²) in [7, 11) is 2.07. The molecule has 0 aliphatic heterocycles. The fourth-order valence-electron chi connectivity index (χ4n) is 2.93. The Morgan fingerprint density at radius 1 is 1.08 bits per heavy atom. The maximum atomic E-state index is 12.6. The number of likely N-dealkylation sites (N-methyl/N-ethyl adjacent to an activating group) is 1. The normalized spacial score (nSPS) is 12.6. The number of nitrogens with one attached hydrogen (secondary N) is 2. The Balaban J connectivity index is 2.10.